The molecule has 0 unspecified atom stereocenters. The number of phenolic OH excluding ortho intramolecular Hbond substituents is 1. The van der Waals surface area contributed by atoms with Crippen LogP contribution in [0.15, 0.2) is 170 Å². The highest BCUT2D eigenvalue weighted by Crippen LogP contribution is 2.45. The summed E-state index contributed by atoms with van der Waals surface area (Å²) < 4.78 is 170. The van der Waals surface area contributed by atoms with Gasteiger partial charge in [-0.1, -0.05) is 36.4 Å². The third kappa shape index (κ3) is 9.22. The van der Waals surface area contributed by atoms with Crippen molar-refractivity contribution < 1.29 is 70.0 Å². The molecule has 8 N–H and O–H groups in total. The molecule has 0 amide bonds. The molecular formula is C40H27N7O16S5. The minimum absolute atomic E-state index is 0.0132. The number of rotatable bonds is 11. The molecule has 8 aromatic rings. The Hall–Kier alpha value is -7.25. The summed E-state index contributed by atoms with van der Waals surface area (Å²) >= 11 is 0. The Labute approximate surface area is 383 Å². The molecule has 0 aliphatic rings. The molecule has 0 aliphatic heterocycles. The van der Waals surface area contributed by atoms with Crippen LogP contribution in [0.2, 0.25) is 0 Å². The Balaban J connectivity index is 1.23. The number of hydrogen-bond donors (Lipinski definition) is 7. The van der Waals surface area contributed by atoms with Crippen molar-refractivity contribution in [2.24, 2.45) is 30.7 Å². The molecule has 348 valence electrons. The van der Waals surface area contributed by atoms with Gasteiger partial charge in [-0.05, 0) is 84.2 Å². The fourth-order valence-corrected chi connectivity index (χ4v) is 9.99. The summed E-state index contributed by atoms with van der Waals surface area (Å²) in [5.74, 6) is -0.952. The summed E-state index contributed by atoms with van der Waals surface area (Å²) in [6.07, 6.45) is 0. The Morgan fingerprint density at radius 1 is 0.353 bits per heavy atom. The van der Waals surface area contributed by atoms with Gasteiger partial charge in [0.2, 0.25) is 0 Å². The molecular weight excluding hydrogens is 995 g/mol. The van der Waals surface area contributed by atoms with Gasteiger partial charge in [-0.25, -0.2) is 0 Å². The Kier molecular flexibility index (Phi) is 11.7. The predicted octanol–water partition coefficient (Wildman–Crippen LogP) is 9.07. The lowest BCUT2D eigenvalue weighted by Gasteiger charge is -2.13. The number of nitrogens with zero attached hydrogens (tertiary/aromatic N) is 6. The lowest BCUT2D eigenvalue weighted by atomic mass is 10.1. The van der Waals surface area contributed by atoms with Crippen LogP contribution < -0.4 is 5.73 Å². The number of nitrogens with two attached hydrogens (primary N) is 1. The van der Waals surface area contributed by atoms with Gasteiger partial charge >= 0.3 is 0 Å². The maximum atomic E-state index is 12.2. The molecule has 68 heavy (non-hydrogen) atoms. The first-order valence-corrected chi connectivity index (χ1v) is 25.8. The van der Waals surface area contributed by atoms with Gasteiger partial charge in [0.25, 0.3) is 50.6 Å². The minimum atomic E-state index is -5.22. The number of anilines is 1. The maximum Gasteiger partial charge on any atom is 0.296 e. The molecule has 8 aromatic carbocycles. The molecule has 8 rings (SSSR count). The lowest BCUT2D eigenvalue weighted by Crippen LogP contribution is -2.08. The Morgan fingerprint density at radius 3 is 1.16 bits per heavy atom. The van der Waals surface area contributed by atoms with Crippen LogP contribution in [0.4, 0.5) is 39.8 Å². The summed E-state index contributed by atoms with van der Waals surface area (Å²) in [4.78, 5) is -3.72. The molecule has 0 saturated heterocycles. The van der Waals surface area contributed by atoms with Crippen LogP contribution in [0, 0.1) is 0 Å². The standard InChI is InChI=1S/C40H27N7O16S5/c41-39-37(68(61,62)63)19-36(67(58,59)60)26-10-11-35(40(48)38(26)39)47-46-34-15-13-32(25-9-7-23(18-29(25)34)66(55,56)57)44-45-33-14-12-31(24-8-6-22(17-28(24)33)65(52,53)54)43-42-30-3-1-2-20-4-5-21(16-27(20)30)64(49,50)51/h1-19,48H,41H2,(H,49,50,51)(H,52,53,54)(H,55,56,57)(H,58,59,60)(H,61,62,63). The van der Waals surface area contributed by atoms with Crippen LogP contribution in [-0.4, -0.2) is 70.0 Å². The average molecular weight is 1020 g/mol. The van der Waals surface area contributed by atoms with Crippen LogP contribution in [0.1, 0.15) is 0 Å². The monoisotopic (exact) mass is 1020 g/mol. The van der Waals surface area contributed by atoms with Crippen LogP contribution in [-0.2, 0) is 50.6 Å². The first-order valence-electron chi connectivity index (χ1n) is 18.6. The van der Waals surface area contributed by atoms with Gasteiger partial charge in [0.1, 0.15) is 15.5 Å². The van der Waals surface area contributed by atoms with Crippen LogP contribution in [0.3, 0.4) is 0 Å². The highest BCUT2D eigenvalue weighted by Gasteiger charge is 2.27. The molecule has 23 nitrogen and oxygen atoms in total. The van der Waals surface area contributed by atoms with E-state index in [-0.39, 0.29) is 54.9 Å². The topological polar surface area (TPSA) is 392 Å². The van der Waals surface area contributed by atoms with E-state index in [9.17, 15) is 70.0 Å². The van der Waals surface area contributed by atoms with Crippen molar-refractivity contribution in [1.82, 2.24) is 0 Å². The first kappa shape index (κ1) is 47.3. The predicted molar refractivity (Wildman–Crippen MR) is 243 cm³/mol. The van der Waals surface area contributed by atoms with Gasteiger partial charge < -0.3 is 10.8 Å². The highest BCUT2D eigenvalue weighted by molar-refractivity contribution is 7.87. The van der Waals surface area contributed by atoms with Crippen LogP contribution in [0.5, 0.6) is 5.75 Å². The highest BCUT2D eigenvalue weighted by atomic mass is 32.2. The van der Waals surface area contributed by atoms with Crippen LogP contribution >= 0.6 is 0 Å². The smallest absolute Gasteiger partial charge is 0.296 e. The summed E-state index contributed by atoms with van der Waals surface area (Å²) in [5, 5.41) is 36.6. The van der Waals surface area contributed by atoms with E-state index in [4.69, 9.17) is 5.73 Å². The minimum Gasteiger partial charge on any atom is -0.505 e. The van der Waals surface area contributed by atoms with Crippen molar-refractivity contribution in [3.8, 4) is 5.75 Å². The number of nitrogen functional groups attached to an aromatic ring is 1. The summed E-state index contributed by atoms with van der Waals surface area (Å²) in [5.41, 5.74) is 4.90. The fourth-order valence-electron chi connectivity index (χ4n) is 7.03. The number of hydrogen-bond acceptors (Lipinski definition) is 18. The van der Waals surface area contributed by atoms with Crippen molar-refractivity contribution in [1.29, 1.82) is 0 Å². The number of benzene rings is 8. The number of phenols is 1. The summed E-state index contributed by atoms with van der Waals surface area (Å²) in [7, 11) is -24.6. The Bertz CT molecular complexity index is 4210. The second kappa shape index (κ2) is 16.8. The fraction of sp³-hybridized carbons (Fsp3) is 0. The molecule has 0 fully saturated rings. The third-order valence-corrected chi connectivity index (χ3v) is 14.5. The zero-order valence-corrected chi connectivity index (χ0v) is 37.6. The third-order valence-electron chi connectivity index (χ3n) is 10.2. The van der Waals surface area contributed by atoms with Gasteiger partial charge in [-0.3, -0.25) is 22.8 Å². The molecule has 0 atom stereocenters. The molecule has 0 saturated carbocycles. The second-order valence-electron chi connectivity index (χ2n) is 14.4. The molecule has 0 aromatic heterocycles. The molecule has 0 bridgehead atoms. The molecule has 0 spiro atoms. The van der Waals surface area contributed by atoms with Gasteiger partial charge in [0.15, 0.2) is 5.75 Å². The van der Waals surface area contributed by atoms with E-state index in [1.165, 1.54) is 60.7 Å². The zero-order valence-electron chi connectivity index (χ0n) is 33.5. The number of fused-ring (bicyclic) bond motifs is 4. The number of aromatic hydroxyl groups is 1. The lowest BCUT2D eigenvalue weighted by molar-refractivity contribution is 0.477. The molecule has 0 heterocycles. The van der Waals surface area contributed by atoms with E-state index in [0.717, 1.165) is 36.4 Å². The summed E-state index contributed by atoms with van der Waals surface area (Å²) in [6, 6.07) is 23.4. The van der Waals surface area contributed by atoms with E-state index in [2.05, 4.69) is 30.7 Å². The largest absolute Gasteiger partial charge is 0.505 e. The maximum absolute atomic E-state index is 12.2. The summed E-state index contributed by atoms with van der Waals surface area (Å²) in [6.45, 7) is 0. The molecule has 0 radical (unpaired) electrons. The first-order chi connectivity index (χ1) is 31.7. The van der Waals surface area contributed by atoms with Crippen molar-refractivity contribution >= 4 is 133 Å². The average Bonchev–Trinajstić information content (AvgIpc) is 3.25. The van der Waals surface area contributed by atoms with E-state index in [1.54, 1.807) is 12.1 Å². The SMILES string of the molecule is Nc1c(S(=O)(=O)O)cc(S(=O)(=O)O)c2ccc(N=Nc3ccc(N=Nc4ccc(N=Nc5cccc6ccc(S(=O)(=O)O)cc56)c5ccc(S(=O)(=O)O)cc45)c4ccc(S(=O)(=O)O)cc34)c(O)c12. The van der Waals surface area contributed by atoms with Crippen molar-refractivity contribution in [2.75, 3.05) is 5.73 Å². The van der Waals surface area contributed by atoms with Gasteiger partial charge in [0.05, 0.1) is 54.2 Å². The van der Waals surface area contributed by atoms with Crippen molar-refractivity contribution in [2.45, 2.75) is 24.5 Å². The van der Waals surface area contributed by atoms with Gasteiger partial charge in [0, 0.05) is 32.3 Å². The molecule has 28 heteroatoms. The normalized spacial score (nSPS) is 13.3. The van der Waals surface area contributed by atoms with E-state index in [1.807, 2.05) is 0 Å². The van der Waals surface area contributed by atoms with Crippen LogP contribution in [0.25, 0.3) is 43.1 Å². The van der Waals surface area contributed by atoms with E-state index < -0.39 is 98.1 Å². The number of azo groups is 3. The van der Waals surface area contributed by atoms with Crippen molar-refractivity contribution in [3.63, 3.8) is 0 Å². The van der Waals surface area contributed by atoms with E-state index >= 15 is 0 Å². The van der Waals surface area contributed by atoms with Gasteiger partial charge in [-0.2, -0.15) is 42.1 Å². The second-order valence-corrected chi connectivity index (χ2v) is 21.4. The molecule has 0 aliphatic carbocycles. The Morgan fingerprint density at radius 2 is 0.721 bits per heavy atom. The van der Waals surface area contributed by atoms with Crippen molar-refractivity contribution in [3.05, 3.63) is 115 Å². The van der Waals surface area contributed by atoms with Gasteiger partial charge in [-0.15, -0.1) is 30.7 Å². The quantitative estimate of drug-likeness (QED) is 0.0360. The zero-order chi connectivity index (χ0) is 49.3. The van der Waals surface area contributed by atoms with E-state index in [0.29, 0.717) is 16.8 Å².